The van der Waals surface area contributed by atoms with Gasteiger partial charge in [-0.15, -0.1) is 0 Å². The van der Waals surface area contributed by atoms with Crippen LogP contribution in [-0.4, -0.2) is 43.9 Å². The second kappa shape index (κ2) is 6.71. The van der Waals surface area contributed by atoms with E-state index in [1.54, 1.807) is 0 Å². The van der Waals surface area contributed by atoms with Crippen LogP contribution in [0.3, 0.4) is 0 Å². The Bertz CT molecular complexity index is 569. The van der Waals surface area contributed by atoms with E-state index in [9.17, 15) is 18.3 Å². The van der Waals surface area contributed by atoms with Gasteiger partial charge >= 0.3 is 0 Å². The van der Waals surface area contributed by atoms with Gasteiger partial charge in [0.2, 0.25) is 15.9 Å². The number of nitrogens with one attached hydrogen (secondary N) is 1. The molecule has 6 nitrogen and oxygen atoms in total. The van der Waals surface area contributed by atoms with E-state index in [1.165, 1.54) is 25.2 Å². The zero-order valence-electron chi connectivity index (χ0n) is 11.8. The number of amides is 1. The van der Waals surface area contributed by atoms with Gasteiger partial charge in [0.15, 0.2) is 0 Å². The average Bonchev–Trinajstić information content (AvgIpc) is 2.36. The fraction of sp³-hybridized carbons (Fsp3) is 0.462. The molecule has 1 amide bonds. The van der Waals surface area contributed by atoms with Gasteiger partial charge in [0.1, 0.15) is 5.75 Å². The van der Waals surface area contributed by atoms with Crippen molar-refractivity contribution in [3.8, 4) is 5.75 Å². The van der Waals surface area contributed by atoms with Crippen molar-refractivity contribution in [3.63, 3.8) is 0 Å². The van der Waals surface area contributed by atoms with E-state index < -0.39 is 10.0 Å². The van der Waals surface area contributed by atoms with Crippen LogP contribution >= 0.6 is 0 Å². The lowest BCUT2D eigenvalue weighted by Gasteiger charge is -2.17. The predicted molar refractivity (Wildman–Crippen MR) is 75.8 cm³/mol. The van der Waals surface area contributed by atoms with Gasteiger partial charge in [0.25, 0.3) is 0 Å². The number of nitrogens with zero attached hydrogens (tertiary/aromatic N) is 1. The predicted octanol–water partition coefficient (Wildman–Crippen LogP) is 0.785. The molecule has 0 spiro atoms. The highest BCUT2D eigenvalue weighted by Crippen LogP contribution is 2.18. The average molecular weight is 300 g/mol. The number of phenolic OH excluding ortho intramolecular Hbond substituents is 1. The number of rotatable bonds is 6. The summed E-state index contributed by atoms with van der Waals surface area (Å²) in [6.07, 6.45) is 0. The quantitative estimate of drug-likeness (QED) is 0.813. The zero-order chi connectivity index (χ0) is 15.3. The van der Waals surface area contributed by atoms with Gasteiger partial charge < -0.3 is 10.4 Å². The first-order valence-electron chi connectivity index (χ1n) is 6.25. The minimum atomic E-state index is -3.78. The Morgan fingerprint density at radius 2 is 2.05 bits per heavy atom. The van der Waals surface area contributed by atoms with Crippen LogP contribution in [0, 0.1) is 5.92 Å². The number of likely N-dealkylation sites (N-methyl/N-ethyl adjacent to an activating group) is 1. The molecule has 0 aliphatic heterocycles. The first-order valence-corrected chi connectivity index (χ1v) is 7.69. The highest BCUT2D eigenvalue weighted by atomic mass is 32.2. The maximum absolute atomic E-state index is 12.2. The summed E-state index contributed by atoms with van der Waals surface area (Å²) < 4.78 is 25.3. The van der Waals surface area contributed by atoms with Crippen LogP contribution in [0.25, 0.3) is 0 Å². The number of sulfonamides is 1. The molecule has 0 unspecified atom stereocenters. The normalized spacial score (nSPS) is 11.8. The van der Waals surface area contributed by atoms with Crippen molar-refractivity contribution in [2.75, 3.05) is 20.1 Å². The van der Waals surface area contributed by atoms with E-state index in [0.29, 0.717) is 12.5 Å². The lowest BCUT2D eigenvalue weighted by Crippen LogP contribution is -2.39. The molecule has 0 aliphatic rings. The molecule has 0 saturated heterocycles. The van der Waals surface area contributed by atoms with Crippen LogP contribution < -0.4 is 5.32 Å². The Morgan fingerprint density at radius 3 is 2.60 bits per heavy atom. The Hall–Kier alpha value is -1.60. The number of hydrogen-bond acceptors (Lipinski definition) is 4. The number of hydrogen-bond donors (Lipinski definition) is 2. The molecule has 0 aromatic heterocycles. The standard InChI is InChI=1S/C13H20N2O4S/c1-10(2)8-14-13(17)9-15(3)20(18,19)12-6-4-5-11(16)7-12/h4-7,10,16H,8-9H2,1-3H3,(H,14,17). The van der Waals surface area contributed by atoms with Crippen LogP contribution in [0.5, 0.6) is 5.75 Å². The van der Waals surface area contributed by atoms with E-state index in [4.69, 9.17) is 0 Å². The van der Waals surface area contributed by atoms with Crippen molar-refractivity contribution in [2.45, 2.75) is 18.7 Å². The summed E-state index contributed by atoms with van der Waals surface area (Å²) in [6.45, 7) is 4.14. The third-order valence-corrected chi connectivity index (χ3v) is 4.40. The largest absolute Gasteiger partial charge is 0.508 e. The van der Waals surface area contributed by atoms with Crippen molar-refractivity contribution in [1.82, 2.24) is 9.62 Å². The molecule has 0 heterocycles. The summed E-state index contributed by atoms with van der Waals surface area (Å²) in [5.74, 6) is -0.194. The molecule has 20 heavy (non-hydrogen) atoms. The number of carbonyl (C=O) groups is 1. The van der Waals surface area contributed by atoms with Gasteiger partial charge in [-0.05, 0) is 24.1 Å². The molecular weight excluding hydrogens is 280 g/mol. The molecule has 0 saturated carbocycles. The summed E-state index contributed by atoms with van der Waals surface area (Å²) in [5, 5.41) is 12.0. The van der Waals surface area contributed by atoms with E-state index in [2.05, 4.69) is 5.32 Å². The van der Waals surface area contributed by atoms with E-state index in [0.717, 1.165) is 10.4 Å². The van der Waals surface area contributed by atoms with Crippen LogP contribution in [0.4, 0.5) is 0 Å². The van der Waals surface area contributed by atoms with Gasteiger partial charge in [-0.25, -0.2) is 8.42 Å². The van der Waals surface area contributed by atoms with Crippen molar-refractivity contribution >= 4 is 15.9 Å². The molecule has 0 aliphatic carbocycles. The summed E-state index contributed by atoms with van der Waals surface area (Å²) in [5.41, 5.74) is 0. The molecule has 1 rings (SSSR count). The molecule has 2 N–H and O–H groups in total. The molecule has 7 heteroatoms. The van der Waals surface area contributed by atoms with E-state index >= 15 is 0 Å². The molecule has 1 aromatic carbocycles. The van der Waals surface area contributed by atoms with E-state index in [1.807, 2.05) is 13.8 Å². The maximum Gasteiger partial charge on any atom is 0.243 e. The molecule has 0 atom stereocenters. The highest BCUT2D eigenvalue weighted by Gasteiger charge is 2.23. The van der Waals surface area contributed by atoms with Crippen molar-refractivity contribution in [2.24, 2.45) is 5.92 Å². The Morgan fingerprint density at radius 1 is 1.40 bits per heavy atom. The van der Waals surface area contributed by atoms with Crippen molar-refractivity contribution in [1.29, 1.82) is 0 Å². The molecule has 0 radical (unpaired) electrons. The number of aromatic hydroxyl groups is 1. The first kappa shape index (κ1) is 16.5. The van der Waals surface area contributed by atoms with Crippen molar-refractivity contribution in [3.05, 3.63) is 24.3 Å². The van der Waals surface area contributed by atoms with Crippen LogP contribution in [0.1, 0.15) is 13.8 Å². The molecule has 1 aromatic rings. The van der Waals surface area contributed by atoms with E-state index in [-0.39, 0.29) is 23.1 Å². The van der Waals surface area contributed by atoms with Gasteiger partial charge in [0.05, 0.1) is 11.4 Å². The fourth-order valence-electron chi connectivity index (χ4n) is 1.48. The molecular formula is C13H20N2O4S. The monoisotopic (exact) mass is 300 g/mol. The summed E-state index contributed by atoms with van der Waals surface area (Å²) >= 11 is 0. The number of carbonyl (C=O) groups excluding carboxylic acids is 1. The maximum atomic E-state index is 12.2. The number of phenols is 1. The topological polar surface area (TPSA) is 86.7 Å². The van der Waals surface area contributed by atoms with Gasteiger partial charge in [-0.3, -0.25) is 4.79 Å². The highest BCUT2D eigenvalue weighted by molar-refractivity contribution is 7.89. The third kappa shape index (κ3) is 4.50. The smallest absolute Gasteiger partial charge is 0.243 e. The Kier molecular flexibility index (Phi) is 5.52. The lowest BCUT2D eigenvalue weighted by molar-refractivity contribution is -0.121. The molecule has 112 valence electrons. The minimum absolute atomic E-state index is 0.0448. The SMILES string of the molecule is CC(C)CNC(=O)CN(C)S(=O)(=O)c1cccc(O)c1. The van der Waals surface area contributed by atoms with Gasteiger partial charge in [-0.1, -0.05) is 19.9 Å². The minimum Gasteiger partial charge on any atom is -0.508 e. The number of benzene rings is 1. The first-order chi connectivity index (χ1) is 9.23. The second-order valence-electron chi connectivity index (χ2n) is 4.96. The summed E-state index contributed by atoms with van der Waals surface area (Å²) in [6, 6.07) is 5.35. The summed E-state index contributed by atoms with van der Waals surface area (Å²) in [4.78, 5) is 11.6. The van der Waals surface area contributed by atoms with Crippen LogP contribution in [0.2, 0.25) is 0 Å². The Labute approximate surface area is 119 Å². The van der Waals surface area contributed by atoms with Gasteiger partial charge in [-0.2, -0.15) is 4.31 Å². The molecule has 0 fully saturated rings. The zero-order valence-corrected chi connectivity index (χ0v) is 12.6. The van der Waals surface area contributed by atoms with Crippen molar-refractivity contribution < 1.29 is 18.3 Å². The lowest BCUT2D eigenvalue weighted by atomic mass is 10.2. The fourth-order valence-corrected chi connectivity index (χ4v) is 2.65. The Balaban J connectivity index is 2.75. The third-order valence-electron chi connectivity index (χ3n) is 2.60. The van der Waals surface area contributed by atoms with Gasteiger partial charge in [0, 0.05) is 13.6 Å². The summed E-state index contributed by atoms with van der Waals surface area (Å²) in [7, 11) is -2.45. The molecule has 0 bridgehead atoms. The van der Waals surface area contributed by atoms with Crippen LogP contribution in [0.15, 0.2) is 29.2 Å². The van der Waals surface area contributed by atoms with Crippen LogP contribution in [-0.2, 0) is 14.8 Å². The second-order valence-corrected chi connectivity index (χ2v) is 7.00.